The molecule has 3 heteroatoms. The molecule has 1 fully saturated rings. The van der Waals surface area contributed by atoms with Crippen molar-refractivity contribution < 1.29 is 4.79 Å². The maximum atomic E-state index is 11.4. The molecule has 2 unspecified atom stereocenters. The Bertz CT molecular complexity index is 285. The molecule has 0 aromatic carbocycles. The number of allylic oxidation sites excluding steroid dienone is 3. The van der Waals surface area contributed by atoms with Crippen molar-refractivity contribution in [3.8, 4) is 0 Å². The predicted molar refractivity (Wildman–Crippen MR) is 57.2 cm³/mol. The van der Waals surface area contributed by atoms with Gasteiger partial charge in [0.2, 0.25) is 5.91 Å². The lowest BCUT2D eigenvalue weighted by Gasteiger charge is -2.36. The largest absolute Gasteiger partial charge is 0.341 e. The SMILES string of the molecule is O=C(CCl)N1CCC2C=CC=CC2C1. The first-order valence-electron chi connectivity index (χ1n) is 5.00. The molecule has 2 nitrogen and oxygen atoms in total. The lowest BCUT2D eigenvalue weighted by molar-refractivity contribution is -0.130. The Kier molecular flexibility index (Phi) is 2.92. The van der Waals surface area contributed by atoms with Gasteiger partial charge in [0.1, 0.15) is 5.88 Å². The molecule has 0 aromatic heterocycles. The number of hydrogen-bond acceptors (Lipinski definition) is 1. The Morgan fingerprint density at radius 1 is 1.36 bits per heavy atom. The van der Waals surface area contributed by atoms with Gasteiger partial charge in [0.15, 0.2) is 0 Å². The highest BCUT2D eigenvalue weighted by atomic mass is 35.5. The van der Waals surface area contributed by atoms with Gasteiger partial charge >= 0.3 is 0 Å². The van der Waals surface area contributed by atoms with E-state index in [0.29, 0.717) is 11.8 Å². The number of alkyl halides is 1. The molecule has 1 amide bonds. The van der Waals surface area contributed by atoms with Crippen LogP contribution in [0.3, 0.4) is 0 Å². The fourth-order valence-corrected chi connectivity index (χ4v) is 2.34. The maximum absolute atomic E-state index is 11.4. The monoisotopic (exact) mass is 211 g/mol. The van der Waals surface area contributed by atoms with E-state index in [4.69, 9.17) is 11.6 Å². The third-order valence-electron chi connectivity index (χ3n) is 3.01. The number of halogens is 1. The van der Waals surface area contributed by atoms with Crippen LogP contribution in [0.25, 0.3) is 0 Å². The van der Waals surface area contributed by atoms with E-state index >= 15 is 0 Å². The summed E-state index contributed by atoms with van der Waals surface area (Å²) >= 11 is 5.54. The number of amides is 1. The molecule has 14 heavy (non-hydrogen) atoms. The minimum atomic E-state index is 0.0630. The van der Waals surface area contributed by atoms with Crippen LogP contribution >= 0.6 is 11.6 Å². The standard InChI is InChI=1S/C11H14ClNO/c12-7-11(14)13-6-5-9-3-1-2-4-10(9)8-13/h1-4,9-10H,5-8H2. The lowest BCUT2D eigenvalue weighted by Crippen LogP contribution is -2.43. The van der Waals surface area contributed by atoms with Crippen molar-refractivity contribution in [2.45, 2.75) is 6.42 Å². The summed E-state index contributed by atoms with van der Waals surface area (Å²) in [5.41, 5.74) is 0. The Balaban J connectivity index is 2.00. The summed E-state index contributed by atoms with van der Waals surface area (Å²) in [7, 11) is 0. The zero-order valence-corrected chi connectivity index (χ0v) is 8.78. The summed E-state index contributed by atoms with van der Waals surface area (Å²) in [5.74, 6) is 1.30. The van der Waals surface area contributed by atoms with E-state index in [2.05, 4.69) is 24.3 Å². The molecule has 0 spiro atoms. The first-order valence-corrected chi connectivity index (χ1v) is 5.53. The van der Waals surface area contributed by atoms with E-state index < -0.39 is 0 Å². The average Bonchev–Trinajstić information content (AvgIpc) is 2.27. The summed E-state index contributed by atoms with van der Waals surface area (Å²) in [4.78, 5) is 13.3. The van der Waals surface area contributed by atoms with E-state index in [9.17, 15) is 4.79 Å². The molecule has 1 saturated heterocycles. The van der Waals surface area contributed by atoms with Crippen molar-refractivity contribution in [3.63, 3.8) is 0 Å². The number of rotatable bonds is 1. The molecule has 2 aliphatic rings. The highest BCUT2D eigenvalue weighted by Gasteiger charge is 2.28. The number of nitrogens with zero attached hydrogens (tertiary/aromatic N) is 1. The van der Waals surface area contributed by atoms with Gasteiger partial charge in [0, 0.05) is 19.0 Å². The van der Waals surface area contributed by atoms with Crippen LogP contribution in [0, 0.1) is 11.8 Å². The maximum Gasteiger partial charge on any atom is 0.237 e. The van der Waals surface area contributed by atoms with Gasteiger partial charge in [0.05, 0.1) is 0 Å². The van der Waals surface area contributed by atoms with Gasteiger partial charge in [-0.05, 0) is 12.3 Å². The molecule has 0 radical (unpaired) electrons. The van der Waals surface area contributed by atoms with Gasteiger partial charge in [-0.3, -0.25) is 4.79 Å². The van der Waals surface area contributed by atoms with Crippen molar-refractivity contribution in [1.82, 2.24) is 4.90 Å². The topological polar surface area (TPSA) is 20.3 Å². The second-order valence-electron chi connectivity index (χ2n) is 3.86. The molecule has 2 rings (SSSR count). The number of carbonyl (C=O) groups excluding carboxylic acids is 1. The fraction of sp³-hybridized carbons (Fsp3) is 0.545. The quantitative estimate of drug-likeness (QED) is 0.606. The summed E-state index contributed by atoms with van der Waals surface area (Å²) in [5, 5.41) is 0. The van der Waals surface area contributed by atoms with Gasteiger partial charge in [-0.15, -0.1) is 11.6 Å². The highest BCUT2D eigenvalue weighted by molar-refractivity contribution is 6.27. The van der Waals surface area contributed by atoms with Crippen LogP contribution in [-0.2, 0) is 4.79 Å². The zero-order chi connectivity index (χ0) is 9.97. The molecule has 1 heterocycles. The van der Waals surface area contributed by atoms with E-state index in [1.807, 2.05) is 4.90 Å². The van der Waals surface area contributed by atoms with Crippen LogP contribution in [0.1, 0.15) is 6.42 Å². The summed E-state index contributed by atoms with van der Waals surface area (Å²) in [6, 6.07) is 0. The average molecular weight is 212 g/mol. The molecule has 76 valence electrons. The number of likely N-dealkylation sites (tertiary alicyclic amines) is 1. The minimum Gasteiger partial charge on any atom is -0.341 e. The summed E-state index contributed by atoms with van der Waals surface area (Å²) < 4.78 is 0. The normalized spacial score (nSPS) is 30.2. The predicted octanol–water partition coefficient (Wildman–Crippen LogP) is 1.82. The van der Waals surface area contributed by atoms with Crippen LogP contribution in [0.5, 0.6) is 0 Å². The van der Waals surface area contributed by atoms with Gasteiger partial charge in [-0.1, -0.05) is 24.3 Å². The van der Waals surface area contributed by atoms with E-state index in [-0.39, 0.29) is 11.8 Å². The van der Waals surface area contributed by atoms with Crippen molar-refractivity contribution in [1.29, 1.82) is 0 Å². The number of piperidine rings is 1. The minimum absolute atomic E-state index is 0.0630. The summed E-state index contributed by atoms with van der Waals surface area (Å²) in [6.07, 6.45) is 9.66. The zero-order valence-electron chi connectivity index (χ0n) is 8.03. The number of carbonyl (C=O) groups is 1. The van der Waals surface area contributed by atoms with E-state index in [1.54, 1.807) is 0 Å². The third-order valence-corrected chi connectivity index (χ3v) is 3.24. The number of fused-ring (bicyclic) bond motifs is 1. The van der Waals surface area contributed by atoms with Crippen LogP contribution in [0.2, 0.25) is 0 Å². The lowest BCUT2D eigenvalue weighted by atomic mass is 9.83. The van der Waals surface area contributed by atoms with Crippen molar-refractivity contribution in [2.24, 2.45) is 11.8 Å². The smallest absolute Gasteiger partial charge is 0.237 e. The Hall–Kier alpha value is -0.760. The Morgan fingerprint density at radius 2 is 2.07 bits per heavy atom. The second kappa shape index (κ2) is 4.18. The van der Waals surface area contributed by atoms with E-state index in [0.717, 1.165) is 19.5 Å². The van der Waals surface area contributed by atoms with Crippen molar-refractivity contribution in [3.05, 3.63) is 24.3 Å². The van der Waals surface area contributed by atoms with Gasteiger partial charge in [-0.25, -0.2) is 0 Å². The molecule has 1 aliphatic carbocycles. The molecule has 0 saturated carbocycles. The number of hydrogen-bond donors (Lipinski definition) is 0. The van der Waals surface area contributed by atoms with Crippen molar-refractivity contribution in [2.75, 3.05) is 19.0 Å². The van der Waals surface area contributed by atoms with Gasteiger partial charge in [0.25, 0.3) is 0 Å². The first kappa shape index (κ1) is 9.78. The molecule has 0 N–H and O–H groups in total. The van der Waals surface area contributed by atoms with Crippen LogP contribution in [0.15, 0.2) is 24.3 Å². The molecule has 0 bridgehead atoms. The van der Waals surface area contributed by atoms with Crippen LogP contribution in [0.4, 0.5) is 0 Å². The molecule has 1 aliphatic heterocycles. The fourth-order valence-electron chi connectivity index (χ4n) is 2.17. The third kappa shape index (κ3) is 1.85. The molecular weight excluding hydrogens is 198 g/mol. The molecule has 2 atom stereocenters. The van der Waals surface area contributed by atoms with Gasteiger partial charge < -0.3 is 4.90 Å². The van der Waals surface area contributed by atoms with Crippen molar-refractivity contribution >= 4 is 17.5 Å². The Labute approximate surface area is 89.2 Å². The summed E-state index contributed by atoms with van der Waals surface area (Å²) in [6.45, 7) is 1.68. The highest BCUT2D eigenvalue weighted by Crippen LogP contribution is 2.28. The van der Waals surface area contributed by atoms with Crippen LogP contribution < -0.4 is 0 Å². The van der Waals surface area contributed by atoms with Crippen LogP contribution in [-0.4, -0.2) is 29.8 Å². The molecule has 0 aromatic rings. The first-order chi connectivity index (χ1) is 6.81. The Morgan fingerprint density at radius 3 is 2.79 bits per heavy atom. The van der Waals surface area contributed by atoms with E-state index in [1.165, 1.54) is 0 Å². The van der Waals surface area contributed by atoms with Gasteiger partial charge in [-0.2, -0.15) is 0 Å². The second-order valence-corrected chi connectivity index (χ2v) is 4.13. The molecular formula is C11H14ClNO.